The van der Waals surface area contributed by atoms with Gasteiger partial charge in [0, 0.05) is 5.56 Å². The van der Waals surface area contributed by atoms with Gasteiger partial charge >= 0.3 is 0 Å². The highest BCUT2D eigenvalue weighted by molar-refractivity contribution is 5.42. The Kier molecular flexibility index (Phi) is 2.70. The molecule has 0 saturated carbocycles. The van der Waals surface area contributed by atoms with E-state index in [1.807, 2.05) is 19.1 Å². The highest BCUT2D eigenvalue weighted by atomic mass is 16.7. The number of rotatable bonds is 2. The van der Waals surface area contributed by atoms with Crippen molar-refractivity contribution in [2.24, 2.45) is 5.73 Å². The average molecular weight is 193 g/mol. The summed E-state index contributed by atoms with van der Waals surface area (Å²) in [6.45, 7) is 3.19. The van der Waals surface area contributed by atoms with E-state index in [1.165, 1.54) is 5.56 Å². The van der Waals surface area contributed by atoms with Gasteiger partial charge < -0.3 is 15.2 Å². The number of ether oxygens (including phenoxy) is 2. The molecule has 1 aromatic carbocycles. The molecule has 0 radical (unpaired) electrons. The molecular weight excluding hydrogens is 178 g/mol. The van der Waals surface area contributed by atoms with Gasteiger partial charge in [0.1, 0.15) is 5.75 Å². The fraction of sp³-hybridized carbons (Fsp3) is 0.455. The first-order valence-corrected chi connectivity index (χ1v) is 4.90. The van der Waals surface area contributed by atoms with Crippen LogP contribution in [-0.4, -0.2) is 12.8 Å². The molecule has 1 heterocycles. The fourth-order valence-electron chi connectivity index (χ4n) is 1.66. The lowest BCUT2D eigenvalue weighted by Gasteiger charge is -2.25. The van der Waals surface area contributed by atoms with Gasteiger partial charge in [0.15, 0.2) is 6.29 Å². The molecule has 0 aromatic heterocycles. The lowest BCUT2D eigenvalue weighted by atomic mass is 10.1. The van der Waals surface area contributed by atoms with Crippen molar-refractivity contribution in [3.8, 4) is 5.75 Å². The van der Waals surface area contributed by atoms with Crippen molar-refractivity contribution in [1.29, 1.82) is 0 Å². The van der Waals surface area contributed by atoms with E-state index in [1.54, 1.807) is 0 Å². The van der Waals surface area contributed by atoms with E-state index in [2.05, 4.69) is 6.07 Å². The molecule has 0 amide bonds. The van der Waals surface area contributed by atoms with Crippen molar-refractivity contribution in [2.75, 3.05) is 6.54 Å². The Bertz CT molecular complexity index is 325. The topological polar surface area (TPSA) is 44.5 Å². The first-order chi connectivity index (χ1) is 6.81. The van der Waals surface area contributed by atoms with Gasteiger partial charge in [0.2, 0.25) is 0 Å². The zero-order valence-corrected chi connectivity index (χ0v) is 8.32. The van der Waals surface area contributed by atoms with Crippen LogP contribution in [0.25, 0.3) is 0 Å². The van der Waals surface area contributed by atoms with Crippen LogP contribution in [0.1, 0.15) is 18.1 Å². The first-order valence-electron chi connectivity index (χ1n) is 4.90. The Morgan fingerprint density at radius 1 is 1.50 bits per heavy atom. The Hall–Kier alpha value is -1.06. The lowest BCUT2D eigenvalue weighted by molar-refractivity contribution is -0.0949. The predicted octanol–water partition coefficient (Wildman–Crippen LogP) is 1.44. The molecule has 3 nitrogen and oxygen atoms in total. The minimum atomic E-state index is -0.151. The van der Waals surface area contributed by atoms with Crippen molar-refractivity contribution in [3.63, 3.8) is 0 Å². The maximum absolute atomic E-state index is 5.64. The van der Waals surface area contributed by atoms with E-state index in [0.717, 1.165) is 17.7 Å². The highest BCUT2D eigenvalue weighted by Gasteiger charge is 2.18. The fourth-order valence-corrected chi connectivity index (χ4v) is 1.66. The van der Waals surface area contributed by atoms with Crippen LogP contribution in [0.2, 0.25) is 0 Å². The Balaban J connectivity index is 2.33. The quantitative estimate of drug-likeness (QED) is 0.773. The number of benzene rings is 1. The molecule has 14 heavy (non-hydrogen) atoms. The van der Waals surface area contributed by atoms with Crippen LogP contribution in [0.5, 0.6) is 5.75 Å². The number of nitrogens with two attached hydrogens (primary N) is 1. The second kappa shape index (κ2) is 3.98. The second-order valence-corrected chi connectivity index (χ2v) is 3.44. The molecule has 0 fully saturated rings. The summed E-state index contributed by atoms with van der Waals surface area (Å²) in [5.74, 6) is 0.969. The van der Waals surface area contributed by atoms with Gasteiger partial charge in [-0.05, 0) is 25.5 Å². The van der Waals surface area contributed by atoms with Crippen LogP contribution in [0.15, 0.2) is 18.2 Å². The predicted molar refractivity (Wildman–Crippen MR) is 54.1 cm³/mol. The van der Waals surface area contributed by atoms with Crippen molar-refractivity contribution in [3.05, 3.63) is 29.3 Å². The molecule has 0 saturated heterocycles. The van der Waals surface area contributed by atoms with Gasteiger partial charge in [-0.3, -0.25) is 0 Å². The zero-order chi connectivity index (χ0) is 9.97. The summed E-state index contributed by atoms with van der Waals surface area (Å²) in [6, 6.07) is 6.11. The van der Waals surface area contributed by atoms with Crippen molar-refractivity contribution in [1.82, 2.24) is 0 Å². The Labute approximate surface area is 83.8 Å². The Morgan fingerprint density at radius 3 is 3.14 bits per heavy atom. The minimum absolute atomic E-state index is 0.151. The van der Waals surface area contributed by atoms with E-state index in [0.29, 0.717) is 13.2 Å². The van der Waals surface area contributed by atoms with Crippen LogP contribution in [0, 0.1) is 0 Å². The number of para-hydroxylation sites is 1. The summed E-state index contributed by atoms with van der Waals surface area (Å²) in [7, 11) is 0. The smallest absolute Gasteiger partial charge is 0.197 e. The maximum Gasteiger partial charge on any atom is 0.197 e. The number of hydrogen-bond donors (Lipinski definition) is 1. The molecule has 1 atom stereocenters. The van der Waals surface area contributed by atoms with E-state index in [-0.39, 0.29) is 6.29 Å². The number of hydrogen-bond acceptors (Lipinski definition) is 3. The molecule has 0 spiro atoms. The van der Waals surface area contributed by atoms with Crippen molar-refractivity contribution in [2.45, 2.75) is 26.2 Å². The maximum atomic E-state index is 5.64. The summed E-state index contributed by atoms with van der Waals surface area (Å²) in [4.78, 5) is 0. The summed E-state index contributed by atoms with van der Waals surface area (Å²) >= 11 is 0. The lowest BCUT2D eigenvalue weighted by Crippen LogP contribution is -2.23. The summed E-state index contributed by atoms with van der Waals surface area (Å²) < 4.78 is 11.0. The summed E-state index contributed by atoms with van der Waals surface area (Å²) in [5.41, 5.74) is 7.84. The van der Waals surface area contributed by atoms with Crippen LogP contribution in [0.4, 0.5) is 0 Å². The molecule has 0 bridgehead atoms. The van der Waals surface area contributed by atoms with Gasteiger partial charge in [-0.15, -0.1) is 0 Å². The highest BCUT2D eigenvalue weighted by Crippen LogP contribution is 2.30. The summed E-state index contributed by atoms with van der Waals surface area (Å²) in [6.07, 6.45) is 0.706. The van der Waals surface area contributed by atoms with E-state index in [9.17, 15) is 0 Å². The molecule has 2 rings (SSSR count). The van der Waals surface area contributed by atoms with Gasteiger partial charge in [-0.1, -0.05) is 18.2 Å². The molecule has 1 aromatic rings. The third kappa shape index (κ3) is 1.74. The number of fused-ring (bicyclic) bond motifs is 1. The minimum Gasteiger partial charge on any atom is -0.465 e. The first kappa shape index (κ1) is 9.49. The SMILES string of the molecule is CC1OCc2cccc(CCN)c2O1. The third-order valence-electron chi connectivity index (χ3n) is 2.35. The molecule has 76 valence electrons. The van der Waals surface area contributed by atoms with Gasteiger partial charge in [0.05, 0.1) is 6.61 Å². The Morgan fingerprint density at radius 2 is 2.36 bits per heavy atom. The van der Waals surface area contributed by atoms with Crippen LogP contribution >= 0.6 is 0 Å². The standard InChI is InChI=1S/C11H15NO2/c1-8-13-7-10-4-2-3-9(5-6-12)11(10)14-8/h2-4,8H,5-7,12H2,1H3. The van der Waals surface area contributed by atoms with E-state index in [4.69, 9.17) is 15.2 Å². The molecule has 0 aliphatic carbocycles. The van der Waals surface area contributed by atoms with Crippen LogP contribution in [-0.2, 0) is 17.8 Å². The molecule has 1 unspecified atom stereocenters. The van der Waals surface area contributed by atoms with Gasteiger partial charge in [0.25, 0.3) is 0 Å². The van der Waals surface area contributed by atoms with Crippen molar-refractivity contribution < 1.29 is 9.47 Å². The molecule has 3 heteroatoms. The van der Waals surface area contributed by atoms with Gasteiger partial charge in [-0.25, -0.2) is 0 Å². The van der Waals surface area contributed by atoms with Crippen molar-refractivity contribution >= 4 is 0 Å². The monoisotopic (exact) mass is 193 g/mol. The van der Waals surface area contributed by atoms with E-state index < -0.39 is 0 Å². The molecule has 1 aliphatic rings. The van der Waals surface area contributed by atoms with Crippen LogP contribution in [0.3, 0.4) is 0 Å². The molecule has 1 aliphatic heterocycles. The second-order valence-electron chi connectivity index (χ2n) is 3.44. The molecule has 2 N–H and O–H groups in total. The van der Waals surface area contributed by atoms with Crippen LogP contribution < -0.4 is 10.5 Å². The average Bonchev–Trinajstić information content (AvgIpc) is 2.19. The van der Waals surface area contributed by atoms with E-state index >= 15 is 0 Å². The largest absolute Gasteiger partial charge is 0.465 e. The van der Waals surface area contributed by atoms with Gasteiger partial charge in [-0.2, -0.15) is 0 Å². The normalized spacial score (nSPS) is 20.0. The molecular formula is C11H15NO2. The summed E-state index contributed by atoms with van der Waals surface area (Å²) in [5, 5.41) is 0. The third-order valence-corrected chi connectivity index (χ3v) is 2.35. The zero-order valence-electron chi connectivity index (χ0n) is 8.32.